The van der Waals surface area contributed by atoms with Crippen LogP contribution in [0.3, 0.4) is 0 Å². The van der Waals surface area contributed by atoms with Crippen LogP contribution in [0.25, 0.3) is 0 Å². The Kier molecular flexibility index (Phi) is 6.01. The summed E-state index contributed by atoms with van der Waals surface area (Å²) in [5, 5.41) is 3.38. The molecule has 204 valence electrons. The van der Waals surface area contributed by atoms with Crippen molar-refractivity contribution >= 4 is 11.9 Å². The van der Waals surface area contributed by atoms with Crippen molar-refractivity contribution in [2.75, 3.05) is 6.54 Å². The van der Waals surface area contributed by atoms with E-state index in [-0.39, 0.29) is 24.0 Å². The maximum atomic E-state index is 13.8. The van der Waals surface area contributed by atoms with Crippen LogP contribution >= 0.6 is 0 Å². The van der Waals surface area contributed by atoms with E-state index in [1.807, 2.05) is 0 Å². The summed E-state index contributed by atoms with van der Waals surface area (Å²) in [4.78, 5) is 27.5. The molecule has 0 aromatic rings. The van der Waals surface area contributed by atoms with Gasteiger partial charge in [-0.3, -0.25) is 0 Å². The predicted octanol–water partition coefficient (Wildman–Crippen LogP) is 5.56. The van der Waals surface area contributed by atoms with Crippen molar-refractivity contribution < 1.29 is 19.1 Å². The summed E-state index contributed by atoms with van der Waals surface area (Å²) in [5.74, 6) is 2.99. The predicted molar refractivity (Wildman–Crippen MR) is 144 cm³/mol. The van der Waals surface area contributed by atoms with Crippen LogP contribution in [0.2, 0.25) is 0 Å². The van der Waals surface area contributed by atoms with Crippen molar-refractivity contribution in [2.24, 2.45) is 40.7 Å². The summed E-state index contributed by atoms with van der Waals surface area (Å²) in [5.41, 5.74) is 11.5. The number of carbonyl (C=O) groups excluding carboxylic acids is 2. The van der Waals surface area contributed by atoms with Gasteiger partial charge in [-0.15, -0.1) is 0 Å². The van der Waals surface area contributed by atoms with Crippen LogP contribution in [0.15, 0.2) is 45.5 Å². The first-order valence-corrected chi connectivity index (χ1v) is 15.3. The lowest BCUT2D eigenvalue weighted by molar-refractivity contribution is -0.135. The second-order valence-corrected chi connectivity index (χ2v) is 12.9. The summed E-state index contributed by atoms with van der Waals surface area (Å²) in [7, 11) is 0. The quantitative estimate of drug-likeness (QED) is 0.447. The Hall–Kier alpha value is -2.18. The maximum Gasteiger partial charge on any atom is 0.340 e. The molecule has 2 bridgehead atoms. The van der Waals surface area contributed by atoms with Crippen LogP contribution in [0.5, 0.6) is 0 Å². The number of cyclic esters (lactones) is 1. The van der Waals surface area contributed by atoms with Gasteiger partial charge in [0.25, 0.3) is 0 Å². The van der Waals surface area contributed by atoms with Gasteiger partial charge in [-0.05, 0) is 106 Å². The Balaban J connectivity index is 1.41. The second-order valence-electron chi connectivity index (χ2n) is 12.9. The van der Waals surface area contributed by atoms with Gasteiger partial charge in [-0.1, -0.05) is 32.3 Å². The molecule has 1 spiro atoms. The van der Waals surface area contributed by atoms with Crippen molar-refractivity contribution in [3.05, 3.63) is 45.5 Å². The fraction of sp³-hybridized carbons (Fsp3) is 0.688. The maximum absolute atomic E-state index is 13.8. The Labute approximate surface area is 226 Å². The molecule has 3 fully saturated rings. The number of unbranched alkanes of at least 4 members (excludes halogenated alkanes) is 1. The number of piperidine rings is 1. The van der Waals surface area contributed by atoms with E-state index in [9.17, 15) is 9.59 Å². The number of nitrogens with one attached hydrogen (secondary N) is 1. The molecule has 1 saturated carbocycles. The number of hydrogen-bond acceptors (Lipinski definition) is 6. The van der Waals surface area contributed by atoms with Gasteiger partial charge in [0.05, 0.1) is 17.2 Å². The molecule has 0 aromatic heterocycles. The van der Waals surface area contributed by atoms with Crippen LogP contribution in [-0.4, -0.2) is 24.6 Å². The number of nitrogens with two attached hydrogens (primary N) is 1. The van der Waals surface area contributed by atoms with Gasteiger partial charge in [-0.25, -0.2) is 9.59 Å². The molecule has 38 heavy (non-hydrogen) atoms. The Morgan fingerprint density at radius 3 is 2.71 bits per heavy atom. The summed E-state index contributed by atoms with van der Waals surface area (Å²) >= 11 is 0. The van der Waals surface area contributed by atoms with Gasteiger partial charge in [0, 0.05) is 17.1 Å². The largest absolute Gasteiger partial charge is 0.427 e. The number of allylic oxidation sites excluding steroid dienone is 5. The molecule has 7 atom stereocenters. The van der Waals surface area contributed by atoms with Gasteiger partial charge >= 0.3 is 11.9 Å². The zero-order chi connectivity index (χ0) is 26.2. The summed E-state index contributed by atoms with van der Waals surface area (Å²) in [6.07, 6.45) is 14.3. The average Bonchev–Trinajstić information content (AvgIpc) is 3.40. The minimum atomic E-state index is -0.514. The third kappa shape index (κ3) is 3.38. The molecule has 8 aliphatic rings. The van der Waals surface area contributed by atoms with E-state index in [2.05, 4.69) is 25.2 Å². The highest BCUT2D eigenvalue weighted by Gasteiger charge is 2.69. The number of rotatable bonds is 6. The number of hydrogen-bond donors (Lipinski definition) is 2. The van der Waals surface area contributed by atoms with Crippen molar-refractivity contribution in [3.8, 4) is 0 Å². The summed E-state index contributed by atoms with van der Waals surface area (Å²) < 4.78 is 12.3. The van der Waals surface area contributed by atoms with E-state index >= 15 is 0 Å². The Morgan fingerprint density at radius 1 is 1.05 bits per heavy atom. The van der Waals surface area contributed by atoms with Crippen LogP contribution < -0.4 is 11.1 Å². The number of fused-ring (bicyclic) bond motifs is 1. The van der Waals surface area contributed by atoms with Crippen LogP contribution in [0.1, 0.15) is 90.9 Å². The molecule has 2 unspecified atom stereocenters. The molecule has 6 nitrogen and oxygen atoms in total. The fourth-order valence-electron chi connectivity index (χ4n) is 9.64. The lowest BCUT2D eigenvalue weighted by Gasteiger charge is -2.57. The average molecular weight is 519 g/mol. The molecule has 3 heterocycles. The van der Waals surface area contributed by atoms with E-state index in [0.717, 1.165) is 106 Å². The second kappa shape index (κ2) is 9.19. The van der Waals surface area contributed by atoms with Gasteiger partial charge < -0.3 is 20.5 Å². The normalized spacial score (nSPS) is 40.4. The van der Waals surface area contributed by atoms with E-state index in [1.165, 1.54) is 16.7 Å². The molecule has 0 amide bonds. The van der Waals surface area contributed by atoms with Crippen molar-refractivity contribution in [1.29, 1.82) is 0 Å². The molecule has 0 radical (unpaired) electrons. The van der Waals surface area contributed by atoms with E-state index in [1.54, 1.807) is 0 Å². The third-order valence-electron chi connectivity index (χ3n) is 11.0. The topological polar surface area (TPSA) is 90.7 Å². The van der Waals surface area contributed by atoms with E-state index < -0.39 is 5.41 Å². The monoisotopic (exact) mass is 518 g/mol. The molecule has 8 rings (SSSR count). The van der Waals surface area contributed by atoms with Gasteiger partial charge in [0.2, 0.25) is 0 Å². The minimum Gasteiger partial charge on any atom is -0.427 e. The summed E-state index contributed by atoms with van der Waals surface area (Å²) in [6, 6.07) is 0. The molecule has 2 saturated heterocycles. The molecule has 0 aromatic carbocycles. The van der Waals surface area contributed by atoms with Gasteiger partial charge in [-0.2, -0.15) is 0 Å². The Bertz CT molecular complexity index is 1210. The van der Waals surface area contributed by atoms with Crippen molar-refractivity contribution in [3.63, 3.8) is 0 Å². The lowest BCUT2D eigenvalue weighted by atomic mass is 9.43. The first-order valence-electron chi connectivity index (χ1n) is 15.3. The number of carbonyl (C=O) groups is 2. The minimum absolute atomic E-state index is 0.0120. The van der Waals surface area contributed by atoms with Crippen LogP contribution in [0, 0.1) is 35.0 Å². The fourth-order valence-corrected chi connectivity index (χ4v) is 9.64. The molecular formula is C32H42N2O4. The highest BCUT2D eigenvalue weighted by atomic mass is 16.5. The number of ether oxygens (including phenoxy) is 2. The first kappa shape index (κ1) is 24.8. The van der Waals surface area contributed by atoms with Crippen LogP contribution in [-0.2, 0) is 19.1 Å². The standard InChI is InChI=1S/C32H42N2O4/c1-3-5-7-23-32-12-10-20(21(28(32)31(36)37-23)14-17-11-13-34-24(33)15-17)22-16-19-9-8-18(6-4-2)29-25(19)26(27(22)32)30(35)38-29/h7,17,19-20,22,24,27,34H,3-6,8-16,33H2,1-2H3/t17?,19-,20-,22-,24?,27-,32+/m1/s1. The van der Waals surface area contributed by atoms with Crippen molar-refractivity contribution in [1.82, 2.24) is 5.32 Å². The third-order valence-corrected chi connectivity index (χ3v) is 11.0. The molecular weight excluding hydrogens is 476 g/mol. The van der Waals surface area contributed by atoms with E-state index in [4.69, 9.17) is 15.2 Å². The van der Waals surface area contributed by atoms with Gasteiger partial charge in [0.1, 0.15) is 11.5 Å². The Morgan fingerprint density at radius 2 is 1.92 bits per heavy atom. The SMILES string of the molecule is CCCC=C1OC(=O)C2=C(CC3CCNC(N)C3)[C@H]3CC[C@@]12[C@H]1C2=C4C(=C(CCC)CC[C@@H]4C[C@H]31)OC2=O. The highest BCUT2D eigenvalue weighted by molar-refractivity contribution is 6.00. The molecule has 3 N–H and O–H groups in total. The molecule has 3 aliphatic heterocycles. The molecule has 6 heteroatoms. The van der Waals surface area contributed by atoms with Crippen molar-refractivity contribution in [2.45, 2.75) is 97.1 Å². The highest BCUT2D eigenvalue weighted by Crippen LogP contribution is 2.72. The number of esters is 2. The smallest absolute Gasteiger partial charge is 0.340 e. The first-order chi connectivity index (χ1) is 18.5. The lowest BCUT2D eigenvalue weighted by Crippen LogP contribution is -2.54. The van der Waals surface area contributed by atoms with E-state index in [0.29, 0.717) is 23.7 Å². The van der Waals surface area contributed by atoms with Gasteiger partial charge in [0.15, 0.2) is 0 Å². The molecule has 5 aliphatic carbocycles. The van der Waals surface area contributed by atoms with Crippen LogP contribution in [0.4, 0.5) is 0 Å². The summed E-state index contributed by atoms with van der Waals surface area (Å²) in [6.45, 7) is 5.29. The zero-order valence-corrected chi connectivity index (χ0v) is 22.9. The zero-order valence-electron chi connectivity index (χ0n) is 22.9.